The van der Waals surface area contributed by atoms with Crippen LogP contribution in [0.3, 0.4) is 0 Å². The van der Waals surface area contributed by atoms with E-state index in [4.69, 9.17) is 16.3 Å². The first-order valence-electron chi connectivity index (χ1n) is 7.41. The first kappa shape index (κ1) is 14.3. The van der Waals surface area contributed by atoms with Gasteiger partial charge < -0.3 is 14.6 Å². The van der Waals surface area contributed by atoms with E-state index in [0.29, 0.717) is 16.8 Å². The lowest BCUT2D eigenvalue weighted by Crippen LogP contribution is -2.14. The first-order valence-corrected chi connectivity index (χ1v) is 7.79. The van der Waals surface area contributed by atoms with Gasteiger partial charge in [0.15, 0.2) is 0 Å². The number of nitrogens with one attached hydrogen (secondary N) is 1. The third-order valence-electron chi connectivity index (χ3n) is 4.04. The van der Waals surface area contributed by atoms with Gasteiger partial charge in [0.1, 0.15) is 5.75 Å². The summed E-state index contributed by atoms with van der Waals surface area (Å²) in [6.45, 7) is 0. The Labute approximate surface area is 130 Å². The maximum atomic E-state index is 6.06. The van der Waals surface area contributed by atoms with Crippen molar-refractivity contribution in [3.8, 4) is 5.75 Å². The van der Waals surface area contributed by atoms with E-state index in [1.165, 1.54) is 32.1 Å². The predicted molar refractivity (Wildman–Crippen MR) is 85.6 cm³/mol. The van der Waals surface area contributed by atoms with Crippen molar-refractivity contribution in [2.24, 2.45) is 0 Å². The van der Waals surface area contributed by atoms with Gasteiger partial charge in [-0.2, -0.15) is 0 Å². The van der Waals surface area contributed by atoms with Crippen LogP contribution < -0.4 is 10.1 Å². The summed E-state index contributed by atoms with van der Waals surface area (Å²) in [6, 6.07) is 6.21. The average molecular weight is 306 g/mol. The summed E-state index contributed by atoms with van der Waals surface area (Å²) >= 11 is 6.06. The highest BCUT2D eigenvalue weighted by Gasteiger charge is 2.18. The molecule has 21 heavy (non-hydrogen) atoms. The molecule has 1 saturated carbocycles. The van der Waals surface area contributed by atoms with E-state index in [1.807, 2.05) is 24.4 Å². The molecule has 0 aliphatic heterocycles. The van der Waals surface area contributed by atoms with Crippen LogP contribution in [0.5, 0.6) is 5.75 Å². The lowest BCUT2D eigenvalue weighted by atomic mass is 9.95. The first-order chi connectivity index (χ1) is 10.3. The molecule has 0 spiro atoms. The second kappa shape index (κ2) is 6.39. The van der Waals surface area contributed by atoms with Crippen LogP contribution in [0.15, 0.2) is 30.6 Å². The minimum atomic E-state index is 0.554. The summed E-state index contributed by atoms with van der Waals surface area (Å²) in [4.78, 5) is 4.44. The number of methoxy groups -OCH3 is 1. The molecule has 112 valence electrons. The van der Waals surface area contributed by atoms with Gasteiger partial charge in [0, 0.05) is 30.2 Å². The van der Waals surface area contributed by atoms with Crippen LogP contribution in [0.1, 0.15) is 38.1 Å². The second-order valence-electron chi connectivity index (χ2n) is 5.42. The number of halogens is 1. The topological polar surface area (TPSA) is 39.1 Å². The Morgan fingerprint density at radius 2 is 2.10 bits per heavy atom. The zero-order chi connectivity index (χ0) is 14.7. The van der Waals surface area contributed by atoms with E-state index >= 15 is 0 Å². The van der Waals surface area contributed by atoms with Crippen LogP contribution >= 0.6 is 11.6 Å². The Hall–Kier alpha value is -1.68. The van der Waals surface area contributed by atoms with Gasteiger partial charge in [0.05, 0.1) is 12.1 Å². The van der Waals surface area contributed by atoms with Gasteiger partial charge in [0.25, 0.3) is 0 Å². The number of benzene rings is 1. The van der Waals surface area contributed by atoms with Gasteiger partial charge >= 0.3 is 0 Å². The number of hydrogen-bond acceptors (Lipinski definition) is 3. The third kappa shape index (κ3) is 3.16. The molecule has 2 aromatic rings. The SMILES string of the molecule is COc1cc(Nc2nccn2C2CCCCC2)ccc1Cl. The van der Waals surface area contributed by atoms with Crippen molar-refractivity contribution in [3.05, 3.63) is 35.6 Å². The van der Waals surface area contributed by atoms with Crippen molar-refractivity contribution in [2.45, 2.75) is 38.1 Å². The molecule has 0 unspecified atom stereocenters. The second-order valence-corrected chi connectivity index (χ2v) is 5.83. The van der Waals surface area contributed by atoms with E-state index in [1.54, 1.807) is 7.11 Å². The Balaban J connectivity index is 1.80. The van der Waals surface area contributed by atoms with Gasteiger partial charge in [-0.3, -0.25) is 0 Å². The Kier molecular flexibility index (Phi) is 4.34. The quantitative estimate of drug-likeness (QED) is 0.882. The summed E-state index contributed by atoms with van der Waals surface area (Å²) in [5.41, 5.74) is 0.930. The molecule has 0 atom stereocenters. The van der Waals surface area contributed by atoms with Crippen LogP contribution in [0.4, 0.5) is 11.6 Å². The van der Waals surface area contributed by atoms with Crippen LogP contribution in [0.25, 0.3) is 0 Å². The molecular formula is C16H20ClN3O. The molecule has 1 fully saturated rings. The predicted octanol–water partition coefficient (Wildman–Crippen LogP) is 4.79. The van der Waals surface area contributed by atoms with Gasteiger partial charge in [-0.05, 0) is 25.0 Å². The van der Waals surface area contributed by atoms with Gasteiger partial charge in [-0.25, -0.2) is 4.98 Å². The maximum absolute atomic E-state index is 6.06. The smallest absolute Gasteiger partial charge is 0.207 e. The molecule has 0 amide bonds. The molecule has 0 bridgehead atoms. The summed E-state index contributed by atoms with van der Waals surface area (Å²) in [7, 11) is 1.62. The van der Waals surface area contributed by atoms with Gasteiger partial charge in [-0.15, -0.1) is 0 Å². The van der Waals surface area contributed by atoms with Crippen LogP contribution in [0.2, 0.25) is 5.02 Å². The molecule has 0 saturated heterocycles. The zero-order valence-corrected chi connectivity index (χ0v) is 12.9. The zero-order valence-electron chi connectivity index (χ0n) is 12.2. The Bertz CT molecular complexity index is 605. The minimum absolute atomic E-state index is 0.554. The fourth-order valence-electron chi connectivity index (χ4n) is 2.93. The van der Waals surface area contributed by atoms with E-state index in [9.17, 15) is 0 Å². The molecule has 5 heteroatoms. The number of nitrogens with zero attached hydrogens (tertiary/aromatic N) is 2. The van der Waals surface area contributed by atoms with Crippen molar-refractivity contribution in [1.29, 1.82) is 0 Å². The molecule has 4 nitrogen and oxygen atoms in total. The number of aromatic nitrogens is 2. The fraction of sp³-hybridized carbons (Fsp3) is 0.438. The van der Waals surface area contributed by atoms with Crippen LogP contribution in [-0.4, -0.2) is 16.7 Å². The largest absolute Gasteiger partial charge is 0.495 e. The Morgan fingerprint density at radius 1 is 1.29 bits per heavy atom. The lowest BCUT2D eigenvalue weighted by Gasteiger charge is -2.24. The normalized spacial score (nSPS) is 15.9. The van der Waals surface area contributed by atoms with Crippen molar-refractivity contribution in [3.63, 3.8) is 0 Å². The molecule has 1 aliphatic rings. The number of rotatable bonds is 4. The van der Waals surface area contributed by atoms with Crippen LogP contribution in [-0.2, 0) is 0 Å². The molecular weight excluding hydrogens is 286 g/mol. The molecule has 1 aliphatic carbocycles. The van der Waals surface area contributed by atoms with Crippen molar-refractivity contribution in [1.82, 2.24) is 9.55 Å². The van der Waals surface area contributed by atoms with Crippen molar-refractivity contribution < 1.29 is 4.74 Å². The van der Waals surface area contributed by atoms with Crippen molar-refractivity contribution in [2.75, 3.05) is 12.4 Å². The highest BCUT2D eigenvalue weighted by atomic mass is 35.5. The van der Waals surface area contributed by atoms with Gasteiger partial charge in [-0.1, -0.05) is 30.9 Å². The molecule has 0 radical (unpaired) electrons. The Morgan fingerprint density at radius 3 is 2.86 bits per heavy atom. The summed E-state index contributed by atoms with van der Waals surface area (Å²) in [6.07, 6.45) is 10.3. The molecule has 1 heterocycles. The third-order valence-corrected chi connectivity index (χ3v) is 4.36. The average Bonchev–Trinajstić information content (AvgIpc) is 2.98. The van der Waals surface area contributed by atoms with Crippen molar-refractivity contribution >= 4 is 23.2 Å². The number of imidazole rings is 1. The molecule has 3 rings (SSSR count). The van der Waals surface area contributed by atoms with Crippen LogP contribution in [0, 0.1) is 0 Å². The number of hydrogen-bond donors (Lipinski definition) is 1. The monoisotopic (exact) mass is 305 g/mol. The fourth-order valence-corrected chi connectivity index (χ4v) is 3.13. The number of ether oxygens (including phenoxy) is 1. The van der Waals surface area contributed by atoms with Gasteiger partial charge in [0.2, 0.25) is 5.95 Å². The highest BCUT2D eigenvalue weighted by Crippen LogP contribution is 2.32. The standard InChI is InChI=1S/C16H20ClN3O/c1-21-15-11-12(7-8-14(15)17)19-16-18-9-10-20(16)13-5-3-2-4-6-13/h7-11,13H,2-6H2,1H3,(H,18,19). The minimum Gasteiger partial charge on any atom is -0.495 e. The molecule has 1 aromatic heterocycles. The molecule has 1 aromatic carbocycles. The van der Waals surface area contributed by atoms with E-state index in [0.717, 1.165) is 11.6 Å². The maximum Gasteiger partial charge on any atom is 0.207 e. The lowest BCUT2D eigenvalue weighted by molar-refractivity contribution is 0.356. The summed E-state index contributed by atoms with van der Waals surface area (Å²) in [5, 5.41) is 3.97. The summed E-state index contributed by atoms with van der Waals surface area (Å²) in [5.74, 6) is 1.55. The van der Waals surface area contributed by atoms with E-state index in [-0.39, 0.29) is 0 Å². The highest BCUT2D eigenvalue weighted by molar-refractivity contribution is 6.32. The molecule has 1 N–H and O–H groups in total. The summed E-state index contributed by atoms with van der Waals surface area (Å²) < 4.78 is 7.50. The van der Waals surface area contributed by atoms with E-state index in [2.05, 4.69) is 21.1 Å². The van der Waals surface area contributed by atoms with E-state index < -0.39 is 0 Å². The number of anilines is 2.